The Hall–Kier alpha value is -1.48. The van der Waals surface area contributed by atoms with Crippen molar-refractivity contribution in [3.63, 3.8) is 0 Å². The van der Waals surface area contributed by atoms with Gasteiger partial charge in [0.2, 0.25) is 8.32 Å². The second-order valence-electron chi connectivity index (χ2n) is 4.91. The number of hydrogen-bond donors (Lipinski definition) is 1. The highest BCUT2D eigenvalue weighted by atomic mass is 28.4. The Morgan fingerprint density at radius 2 is 1.62 bits per heavy atom. The molecule has 0 unspecified atom stereocenters. The number of hydrogen-bond acceptors (Lipinski definition) is 2. The van der Waals surface area contributed by atoms with Gasteiger partial charge in [0.25, 0.3) is 0 Å². The van der Waals surface area contributed by atoms with Gasteiger partial charge in [-0.25, -0.2) is 0 Å². The first-order chi connectivity index (χ1) is 7.47. The predicted molar refractivity (Wildman–Crippen MR) is 71.5 cm³/mol. The van der Waals surface area contributed by atoms with E-state index >= 15 is 0 Å². The van der Waals surface area contributed by atoms with Gasteiger partial charge in [-0.1, -0.05) is 18.2 Å². The number of nitrogens with two attached hydrogens (primary N) is 1. The minimum atomic E-state index is -1.56. The summed E-state index contributed by atoms with van der Waals surface area (Å²) in [6, 6.07) is 12.0. The van der Waals surface area contributed by atoms with Gasteiger partial charge < -0.3 is 10.2 Å². The van der Waals surface area contributed by atoms with Crippen LogP contribution in [0.25, 0.3) is 11.1 Å². The molecule has 16 heavy (non-hydrogen) atoms. The first-order valence-corrected chi connectivity index (χ1v) is 8.84. The molecule has 0 bridgehead atoms. The van der Waals surface area contributed by atoms with Crippen molar-refractivity contribution in [1.29, 1.82) is 0 Å². The Morgan fingerprint density at radius 3 is 2.31 bits per heavy atom. The second-order valence-corrected chi connectivity index (χ2v) is 9.34. The van der Waals surface area contributed by atoms with Crippen molar-refractivity contribution in [2.45, 2.75) is 19.6 Å². The highest BCUT2D eigenvalue weighted by molar-refractivity contribution is 6.70. The Kier molecular flexibility index (Phi) is 2.64. The molecule has 2 nitrogen and oxygen atoms in total. The number of nitrogen functional groups attached to an aromatic ring is 1. The summed E-state index contributed by atoms with van der Waals surface area (Å²) in [5.74, 6) is 0.956. The first-order valence-electron chi connectivity index (χ1n) is 5.43. The molecule has 3 heteroatoms. The van der Waals surface area contributed by atoms with E-state index in [2.05, 4.69) is 25.7 Å². The van der Waals surface area contributed by atoms with Gasteiger partial charge in [0.1, 0.15) is 5.75 Å². The van der Waals surface area contributed by atoms with Crippen LogP contribution in [0.4, 0.5) is 5.69 Å². The zero-order chi connectivity index (χ0) is 11.8. The standard InChI is InChI=1S/C13H17NOSi/c1-16(2,3)15-13-9-8-10-11(13)6-4-5-7-12(10)14/h4-9H,14H2,1-3H3. The van der Waals surface area contributed by atoms with Gasteiger partial charge in [-0.05, 0) is 37.8 Å². The van der Waals surface area contributed by atoms with Gasteiger partial charge >= 0.3 is 0 Å². The Labute approximate surface area is 97.5 Å². The van der Waals surface area contributed by atoms with Crippen LogP contribution in [0.15, 0.2) is 36.4 Å². The lowest BCUT2D eigenvalue weighted by Gasteiger charge is -2.19. The average molecular weight is 231 g/mol. The molecule has 0 saturated carbocycles. The first kappa shape index (κ1) is 11.0. The topological polar surface area (TPSA) is 35.2 Å². The van der Waals surface area contributed by atoms with Crippen molar-refractivity contribution >= 4 is 14.0 Å². The molecule has 0 aromatic heterocycles. The summed E-state index contributed by atoms with van der Waals surface area (Å²) in [6.45, 7) is 6.54. The van der Waals surface area contributed by atoms with Gasteiger partial charge in [-0.3, -0.25) is 0 Å². The minimum absolute atomic E-state index is 0.797. The van der Waals surface area contributed by atoms with Gasteiger partial charge in [-0.2, -0.15) is 0 Å². The quantitative estimate of drug-likeness (QED) is 0.802. The van der Waals surface area contributed by atoms with Crippen molar-refractivity contribution in [1.82, 2.24) is 0 Å². The van der Waals surface area contributed by atoms with E-state index in [0.717, 1.165) is 22.6 Å². The van der Waals surface area contributed by atoms with Gasteiger partial charge in [-0.15, -0.1) is 0 Å². The lowest BCUT2D eigenvalue weighted by molar-refractivity contribution is 0.562. The van der Waals surface area contributed by atoms with Crippen molar-refractivity contribution in [2.75, 3.05) is 5.73 Å². The van der Waals surface area contributed by atoms with Crippen LogP contribution in [0.1, 0.15) is 0 Å². The van der Waals surface area contributed by atoms with E-state index in [-0.39, 0.29) is 0 Å². The molecule has 0 spiro atoms. The van der Waals surface area contributed by atoms with Crippen LogP contribution < -0.4 is 10.2 Å². The monoisotopic (exact) mass is 231 g/mol. The molecule has 2 N–H and O–H groups in total. The van der Waals surface area contributed by atoms with E-state index in [1.807, 2.05) is 30.3 Å². The third kappa shape index (κ3) is 2.19. The number of fused-ring (bicyclic) bond motifs is 1. The van der Waals surface area contributed by atoms with Crippen LogP contribution in [0.5, 0.6) is 5.75 Å². The van der Waals surface area contributed by atoms with Crippen molar-refractivity contribution < 1.29 is 4.43 Å². The van der Waals surface area contributed by atoms with E-state index in [0.29, 0.717) is 0 Å². The van der Waals surface area contributed by atoms with Gasteiger partial charge in [0.05, 0.1) is 0 Å². The summed E-state index contributed by atoms with van der Waals surface area (Å²) in [6.07, 6.45) is 0. The van der Waals surface area contributed by atoms with E-state index in [1.165, 1.54) is 0 Å². The molecule has 0 heterocycles. The molecule has 2 aliphatic rings. The number of rotatable bonds is 2. The van der Waals surface area contributed by atoms with Crippen molar-refractivity contribution in [3.05, 3.63) is 36.4 Å². The van der Waals surface area contributed by atoms with Crippen LogP contribution in [0, 0.1) is 0 Å². The Bertz CT molecular complexity index is 476. The average Bonchev–Trinajstić information content (AvgIpc) is 2.43. The van der Waals surface area contributed by atoms with Crippen molar-refractivity contribution in [3.8, 4) is 16.9 Å². The molecule has 0 saturated heterocycles. The zero-order valence-electron chi connectivity index (χ0n) is 9.95. The zero-order valence-corrected chi connectivity index (χ0v) is 10.9. The van der Waals surface area contributed by atoms with Crippen LogP contribution in [0.3, 0.4) is 0 Å². The highest BCUT2D eigenvalue weighted by Gasteiger charge is 2.20. The van der Waals surface area contributed by atoms with Crippen molar-refractivity contribution in [2.24, 2.45) is 0 Å². The fraction of sp³-hybridized carbons (Fsp3) is 0.231. The largest absolute Gasteiger partial charge is 0.544 e. The maximum atomic E-state index is 6.03. The molecule has 0 aromatic rings. The fourth-order valence-corrected chi connectivity index (χ4v) is 2.55. The summed E-state index contributed by atoms with van der Waals surface area (Å²) in [4.78, 5) is 0. The molecule has 0 radical (unpaired) electrons. The maximum absolute atomic E-state index is 6.03. The minimum Gasteiger partial charge on any atom is -0.544 e. The second kappa shape index (κ2) is 3.83. The molecule has 0 aliphatic heterocycles. The summed E-state index contributed by atoms with van der Waals surface area (Å²) in [7, 11) is -1.56. The molecular formula is C13H17NOSi. The molecule has 0 aromatic carbocycles. The lowest BCUT2D eigenvalue weighted by Crippen LogP contribution is -2.29. The van der Waals surface area contributed by atoms with E-state index in [4.69, 9.17) is 10.2 Å². The normalized spacial score (nSPS) is 11.7. The predicted octanol–water partition coefficient (Wildman–Crippen LogP) is 3.59. The van der Waals surface area contributed by atoms with Gasteiger partial charge in [0, 0.05) is 16.8 Å². The molecule has 0 fully saturated rings. The van der Waals surface area contributed by atoms with E-state index in [9.17, 15) is 0 Å². The lowest BCUT2D eigenvalue weighted by atomic mass is 10.1. The molecule has 84 valence electrons. The molecular weight excluding hydrogens is 214 g/mol. The summed E-state index contributed by atoms with van der Waals surface area (Å²) < 4.78 is 6.03. The highest BCUT2D eigenvalue weighted by Crippen LogP contribution is 2.37. The Balaban J connectivity index is 2.47. The van der Waals surface area contributed by atoms with Crippen LogP contribution in [0.2, 0.25) is 19.6 Å². The van der Waals surface area contributed by atoms with Crippen LogP contribution in [-0.4, -0.2) is 8.32 Å². The third-order valence-corrected chi connectivity index (χ3v) is 3.17. The van der Waals surface area contributed by atoms with Crippen LogP contribution in [-0.2, 0) is 0 Å². The smallest absolute Gasteiger partial charge is 0.242 e. The SMILES string of the molecule is C[Si](C)(C)Oc1ccc2c(N)ccccc1-2. The number of anilines is 1. The van der Waals surface area contributed by atoms with Crippen LogP contribution >= 0.6 is 0 Å². The summed E-state index contributed by atoms with van der Waals surface area (Å²) in [5, 5.41) is 0. The third-order valence-electron chi connectivity index (χ3n) is 2.33. The Morgan fingerprint density at radius 1 is 0.938 bits per heavy atom. The van der Waals surface area contributed by atoms with Gasteiger partial charge in [0.15, 0.2) is 0 Å². The molecule has 0 atom stereocenters. The molecule has 2 rings (SSSR count). The fourth-order valence-electron chi connectivity index (χ4n) is 1.71. The molecule has 0 amide bonds. The molecule has 2 aliphatic carbocycles. The summed E-state index contributed by atoms with van der Waals surface area (Å²) >= 11 is 0. The summed E-state index contributed by atoms with van der Waals surface area (Å²) in [5.41, 5.74) is 8.94. The van der Waals surface area contributed by atoms with E-state index in [1.54, 1.807) is 0 Å². The van der Waals surface area contributed by atoms with E-state index < -0.39 is 8.32 Å². The maximum Gasteiger partial charge on any atom is 0.242 e.